The number of ether oxygens (including phenoxy) is 2. The van der Waals surface area contributed by atoms with Crippen LogP contribution < -0.4 is 4.74 Å². The van der Waals surface area contributed by atoms with Crippen LogP contribution in [-0.4, -0.2) is 28.9 Å². The van der Waals surface area contributed by atoms with Crippen LogP contribution in [0.25, 0.3) is 10.9 Å². The molecule has 2 atom stereocenters. The van der Waals surface area contributed by atoms with Gasteiger partial charge >= 0.3 is 5.97 Å². The Morgan fingerprint density at radius 2 is 2.08 bits per heavy atom. The summed E-state index contributed by atoms with van der Waals surface area (Å²) in [6.45, 7) is 1.57. The summed E-state index contributed by atoms with van der Waals surface area (Å²) in [4.78, 5) is 28.1. The summed E-state index contributed by atoms with van der Waals surface area (Å²) in [7, 11) is 0. The molecule has 0 saturated carbocycles. The first kappa shape index (κ1) is 16.7. The molecule has 0 spiro atoms. The minimum absolute atomic E-state index is 0.255. The molecule has 6 heteroatoms. The second-order valence-electron chi connectivity index (χ2n) is 6.25. The molecule has 26 heavy (non-hydrogen) atoms. The van der Waals surface area contributed by atoms with Crippen molar-refractivity contribution in [1.29, 1.82) is 0 Å². The van der Waals surface area contributed by atoms with Crippen LogP contribution in [0.15, 0.2) is 48.7 Å². The van der Waals surface area contributed by atoms with Gasteiger partial charge in [0.15, 0.2) is 12.2 Å². The second-order valence-corrected chi connectivity index (χ2v) is 6.69. The third kappa shape index (κ3) is 2.95. The largest absolute Gasteiger partial charge is 0.478 e. The average molecular weight is 370 g/mol. The number of ketones is 1. The molecule has 4 rings (SSSR count). The van der Waals surface area contributed by atoms with Gasteiger partial charge in [0, 0.05) is 34.1 Å². The van der Waals surface area contributed by atoms with Gasteiger partial charge in [-0.2, -0.15) is 0 Å². The van der Waals surface area contributed by atoms with E-state index in [-0.39, 0.29) is 5.78 Å². The van der Waals surface area contributed by atoms with E-state index in [1.807, 2.05) is 24.3 Å². The van der Waals surface area contributed by atoms with Crippen molar-refractivity contribution >= 4 is 34.3 Å². The van der Waals surface area contributed by atoms with Crippen LogP contribution in [0.5, 0.6) is 5.75 Å². The molecule has 132 valence electrons. The number of carbonyl (C=O) groups excluding carboxylic acids is 2. The molecule has 5 nitrogen and oxygen atoms in total. The maximum absolute atomic E-state index is 12.7. The Hall–Kier alpha value is -2.79. The van der Waals surface area contributed by atoms with Crippen LogP contribution in [0.4, 0.5) is 0 Å². The Morgan fingerprint density at radius 1 is 1.27 bits per heavy atom. The fraction of sp³-hybridized carbons (Fsp3) is 0.200. The smallest absolute Gasteiger partial charge is 0.348 e. The summed E-state index contributed by atoms with van der Waals surface area (Å²) in [6.07, 6.45) is 0.351. The number of H-pyrrole nitrogens is 1. The molecule has 0 unspecified atom stereocenters. The quantitative estimate of drug-likeness (QED) is 0.558. The standard InChI is InChI=1S/C20H16ClNO4/c1-11(19(23)15-10-22-16-5-3-2-4-14(15)16)25-20(24)18-9-12-8-13(21)6-7-17(12)26-18/h2-8,10-11,18,22H,9H2,1H3/t11-,18-/m1/s1. The number of para-hydroxylation sites is 1. The molecular weight excluding hydrogens is 354 g/mol. The van der Waals surface area contributed by atoms with Crippen LogP contribution in [-0.2, 0) is 16.0 Å². The Kier molecular flexibility index (Phi) is 4.17. The number of benzene rings is 2. The molecule has 1 aliphatic heterocycles. The lowest BCUT2D eigenvalue weighted by molar-refractivity contribution is -0.153. The summed E-state index contributed by atoms with van der Waals surface area (Å²) in [5.41, 5.74) is 2.22. The van der Waals surface area contributed by atoms with Crippen LogP contribution in [0, 0.1) is 0 Å². The fourth-order valence-corrected chi connectivity index (χ4v) is 3.34. The Labute approximate surface area is 154 Å². The van der Waals surface area contributed by atoms with Crippen LogP contribution in [0.3, 0.4) is 0 Å². The summed E-state index contributed by atoms with van der Waals surface area (Å²) < 4.78 is 11.0. The highest BCUT2D eigenvalue weighted by Gasteiger charge is 2.33. The van der Waals surface area contributed by atoms with Crippen molar-refractivity contribution in [1.82, 2.24) is 4.98 Å². The van der Waals surface area contributed by atoms with Crippen molar-refractivity contribution in [3.8, 4) is 5.75 Å². The van der Waals surface area contributed by atoms with E-state index in [9.17, 15) is 9.59 Å². The highest BCUT2D eigenvalue weighted by atomic mass is 35.5. The number of rotatable bonds is 4. The number of esters is 1. The third-order valence-electron chi connectivity index (χ3n) is 4.48. The average Bonchev–Trinajstić information content (AvgIpc) is 3.24. The second kappa shape index (κ2) is 6.50. The van der Waals surface area contributed by atoms with Crippen molar-refractivity contribution in [3.05, 3.63) is 64.8 Å². The molecule has 2 aromatic carbocycles. The van der Waals surface area contributed by atoms with Gasteiger partial charge in [-0.15, -0.1) is 0 Å². The number of hydrogen-bond acceptors (Lipinski definition) is 4. The van der Waals surface area contributed by atoms with Crippen LogP contribution >= 0.6 is 11.6 Å². The molecule has 2 heterocycles. The van der Waals surface area contributed by atoms with E-state index in [4.69, 9.17) is 21.1 Å². The molecule has 1 aromatic heterocycles. The number of fused-ring (bicyclic) bond motifs is 2. The summed E-state index contributed by atoms with van der Waals surface area (Å²) >= 11 is 5.96. The normalized spacial score (nSPS) is 16.8. The van der Waals surface area contributed by atoms with E-state index in [1.165, 1.54) is 0 Å². The van der Waals surface area contributed by atoms with E-state index in [0.717, 1.165) is 16.5 Å². The van der Waals surface area contributed by atoms with E-state index in [0.29, 0.717) is 22.8 Å². The minimum Gasteiger partial charge on any atom is -0.478 e. The first-order valence-electron chi connectivity index (χ1n) is 8.29. The topological polar surface area (TPSA) is 68.4 Å². The van der Waals surface area contributed by atoms with Gasteiger partial charge in [-0.05, 0) is 36.8 Å². The fourth-order valence-electron chi connectivity index (χ4n) is 3.15. The Morgan fingerprint density at radius 3 is 2.92 bits per heavy atom. The van der Waals surface area contributed by atoms with Crippen molar-refractivity contribution in [2.24, 2.45) is 0 Å². The first-order chi connectivity index (χ1) is 12.5. The number of aromatic nitrogens is 1. The summed E-state index contributed by atoms with van der Waals surface area (Å²) in [5, 5.41) is 1.39. The van der Waals surface area contributed by atoms with Gasteiger partial charge in [0.25, 0.3) is 0 Å². The van der Waals surface area contributed by atoms with E-state index in [2.05, 4.69) is 4.98 Å². The van der Waals surface area contributed by atoms with Gasteiger partial charge in [0.05, 0.1) is 0 Å². The molecule has 1 aliphatic rings. The predicted molar refractivity (Wildman–Crippen MR) is 97.8 cm³/mol. The predicted octanol–water partition coefficient (Wildman–Crippen LogP) is 3.94. The lowest BCUT2D eigenvalue weighted by atomic mass is 10.1. The molecule has 0 aliphatic carbocycles. The van der Waals surface area contributed by atoms with Crippen LogP contribution in [0.1, 0.15) is 22.8 Å². The zero-order valence-corrected chi connectivity index (χ0v) is 14.7. The highest BCUT2D eigenvalue weighted by Crippen LogP contribution is 2.31. The van der Waals surface area contributed by atoms with Gasteiger partial charge in [0.2, 0.25) is 5.78 Å². The summed E-state index contributed by atoms with van der Waals surface area (Å²) in [5.74, 6) is -0.195. The van der Waals surface area contributed by atoms with Gasteiger partial charge in [-0.1, -0.05) is 29.8 Å². The minimum atomic E-state index is -0.905. The molecular formula is C20H16ClNO4. The highest BCUT2D eigenvalue weighted by molar-refractivity contribution is 6.30. The first-order valence-corrected chi connectivity index (χ1v) is 8.66. The SMILES string of the molecule is C[C@@H](OC(=O)[C@H]1Cc2cc(Cl)ccc2O1)C(=O)c1c[nH]c2ccccc12. The monoisotopic (exact) mass is 369 g/mol. The van der Waals surface area contributed by atoms with Crippen molar-refractivity contribution in [3.63, 3.8) is 0 Å². The van der Waals surface area contributed by atoms with Crippen molar-refractivity contribution in [2.75, 3.05) is 0 Å². The van der Waals surface area contributed by atoms with E-state index in [1.54, 1.807) is 31.3 Å². The van der Waals surface area contributed by atoms with Gasteiger partial charge in [-0.3, -0.25) is 4.79 Å². The van der Waals surface area contributed by atoms with Crippen molar-refractivity contribution < 1.29 is 19.1 Å². The molecule has 0 saturated heterocycles. The van der Waals surface area contributed by atoms with Gasteiger partial charge in [0.1, 0.15) is 5.75 Å². The number of Topliss-reactive ketones (excluding diaryl/α,β-unsaturated/α-hetero) is 1. The number of aromatic amines is 1. The molecule has 0 radical (unpaired) electrons. The molecule has 0 bridgehead atoms. The lowest BCUT2D eigenvalue weighted by Crippen LogP contribution is -2.33. The Bertz CT molecular complexity index is 1010. The van der Waals surface area contributed by atoms with Crippen LogP contribution in [0.2, 0.25) is 5.02 Å². The van der Waals surface area contributed by atoms with Gasteiger partial charge in [-0.25, -0.2) is 4.79 Å². The van der Waals surface area contributed by atoms with Crippen molar-refractivity contribution in [2.45, 2.75) is 25.6 Å². The zero-order chi connectivity index (χ0) is 18.3. The third-order valence-corrected chi connectivity index (χ3v) is 4.71. The number of nitrogens with one attached hydrogen (secondary N) is 1. The number of halogens is 1. The molecule has 3 aromatic rings. The molecule has 1 N–H and O–H groups in total. The van der Waals surface area contributed by atoms with E-state index >= 15 is 0 Å². The Balaban J connectivity index is 1.46. The maximum Gasteiger partial charge on any atom is 0.348 e. The maximum atomic E-state index is 12.7. The number of carbonyl (C=O) groups is 2. The van der Waals surface area contributed by atoms with E-state index < -0.39 is 18.2 Å². The number of hydrogen-bond donors (Lipinski definition) is 1. The summed E-state index contributed by atoms with van der Waals surface area (Å²) in [6, 6.07) is 12.7. The zero-order valence-electron chi connectivity index (χ0n) is 14.0. The lowest BCUT2D eigenvalue weighted by Gasteiger charge is -2.15. The van der Waals surface area contributed by atoms with Gasteiger partial charge < -0.3 is 14.5 Å². The molecule has 0 fully saturated rings. The molecule has 0 amide bonds.